The minimum atomic E-state index is 0.0494. The molecule has 0 amide bonds. The van der Waals surface area contributed by atoms with Crippen LogP contribution in [0.4, 0.5) is 0 Å². The molecule has 0 atom stereocenters. The first kappa shape index (κ1) is 17.8. The van der Waals surface area contributed by atoms with Crippen molar-refractivity contribution in [1.29, 1.82) is 0 Å². The lowest BCUT2D eigenvalue weighted by atomic mass is 9.97. The molecular weight excluding hydrogens is 354 g/mol. The van der Waals surface area contributed by atoms with Crippen LogP contribution in [0.15, 0.2) is 66.9 Å². The standard InChI is InChI=1S/C24H22ClNO/c1-2-3-6-14-26-16-22(19-9-4-5-11-23(19)26)24(27)20-10-7-8-17-12-13-18(25)15-21(17)20/h4-5,7-13,15-16H,2-3,6,14H2,1H3. The Labute approximate surface area is 164 Å². The minimum absolute atomic E-state index is 0.0494. The Bertz CT molecular complexity index is 1130. The number of aryl methyl sites for hydroxylation is 1. The molecule has 1 heterocycles. The van der Waals surface area contributed by atoms with Gasteiger partial charge in [0.25, 0.3) is 0 Å². The first-order valence-electron chi connectivity index (χ1n) is 9.50. The quantitative estimate of drug-likeness (QED) is 0.266. The van der Waals surface area contributed by atoms with Gasteiger partial charge in [0.2, 0.25) is 0 Å². The first-order chi connectivity index (χ1) is 13.2. The van der Waals surface area contributed by atoms with Gasteiger partial charge in [-0.15, -0.1) is 0 Å². The van der Waals surface area contributed by atoms with Crippen molar-refractivity contribution in [2.45, 2.75) is 32.7 Å². The van der Waals surface area contributed by atoms with Crippen LogP contribution in [0, 0.1) is 0 Å². The second-order valence-electron chi connectivity index (χ2n) is 6.96. The van der Waals surface area contributed by atoms with Crippen molar-refractivity contribution in [1.82, 2.24) is 4.57 Å². The number of carbonyl (C=O) groups excluding carboxylic acids is 1. The van der Waals surface area contributed by atoms with Crippen molar-refractivity contribution >= 4 is 39.1 Å². The molecule has 136 valence electrons. The largest absolute Gasteiger partial charge is 0.347 e. The van der Waals surface area contributed by atoms with Crippen LogP contribution in [-0.2, 0) is 6.54 Å². The number of hydrogen-bond acceptors (Lipinski definition) is 1. The summed E-state index contributed by atoms with van der Waals surface area (Å²) in [5.41, 5.74) is 2.58. The SMILES string of the molecule is CCCCCn1cc(C(=O)c2cccc3ccc(Cl)cc23)c2ccccc21. The van der Waals surface area contributed by atoms with Gasteiger partial charge in [-0.3, -0.25) is 4.79 Å². The molecule has 0 unspecified atom stereocenters. The Kier molecular flexibility index (Phi) is 5.00. The topological polar surface area (TPSA) is 22.0 Å². The summed E-state index contributed by atoms with van der Waals surface area (Å²) >= 11 is 6.20. The van der Waals surface area contributed by atoms with Crippen molar-refractivity contribution in [2.75, 3.05) is 0 Å². The lowest BCUT2D eigenvalue weighted by molar-refractivity contribution is 0.104. The second-order valence-corrected chi connectivity index (χ2v) is 7.40. The van der Waals surface area contributed by atoms with Gasteiger partial charge in [0.05, 0.1) is 0 Å². The third-order valence-corrected chi connectivity index (χ3v) is 5.36. The summed E-state index contributed by atoms with van der Waals surface area (Å²) in [6, 6.07) is 19.7. The van der Waals surface area contributed by atoms with Gasteiger partial charge in [-0.25, -0.2) is 0 Å². The fourth-order valence-corrected chi connectivity index (χ4v) is 3.90. The first-order valence-corrected chi connectivity index (χ1v) is 9.87. The molecule has 27 heavy (non-hydrogen) atoms. The zero-order valence-corrected chi connectivity index (χ0v) is 16.2. The molecule has 0 aliphatic rings. The Morgan fingerprint density at radius 2 is 1.78 bits per heavy atom. The van der Waals surface area contributed by atoms with E-state index in [1.165, 1.54) is 12.8 Å². The van der Waals surface area contributed by atoms with Crippen molar-refractivity contribution in [3.05, 3.63) is 83.0 Å². The smallest absolute Gasteiger partial charge is 0.195 e. The van der Waals surface area contributed by atoms with E-state index >= 15 is 0 Å². The molecule has 0 aliphatic heterocycles. The number of hydrogen-bond donors (Lipinski definition) is 0. The van der Waals surface area contributed by atoms with Gasteiger partial charge in [0, 0.05) is 39.8 Å². The number of aromatic nitrogens is 1. The lowest BCUT2D eigenvalue weighted by Crippen LogP contribution is -2.02. The molecule has 3 heteroatoms. The van der Waals surface area contributed by atoms with Crippen LogP contribution >= 0.6 is 11.6 Å². The number of halogens is 1. The van der Waals surface area contributed by atoms with Gasteiger partial charge < -0.3 is 4.57 Å². The molecule has 0 saturated heterocycles. The molecule has 4 rings (SSSR count). The zero-order valence-electron chi connectivity index (χ0n) is 15.4. The number of benzene rings is 3. The van der Waals surface area contributed by atoms with Gasteiger partial charge >= 0.3 is 0 Å². The molecule has 0 fully saturated rings. The lowest BCUT2D eigenvalue weighted by Gasteiger charge is -2.06. The van der Waals surface area contributed by atoms with Crippen LogP contribution in [0.1, 0.15) is 42.1 Å². The highest BCUT2D eigenvalue weighted by atomic mass is 35.5. The number of unbranched alkanes of at least 4 members (excludes halogenated alkanes) is 2. The molecule has 0 N–H and O–H groups in total. The highest BCUT2D eigenvalue weighted by molar-refractivity contribution is 6.32. The second kappa shape index (κ2) is 7.58. The van der Waals surface area contributed by atoms with E-state index in [-0.39, 0.29) is 5.78 Å². The summed E-state index contributed by atoms with van der Waals surface area (Å²) in [4.78, 5) is 13.5. The van der Waals surface area contributed by atoms with E-state index in [1.807, 2.05) is 60.8 Å². The molecule has 0 spiro atoms. The Morgan fingerprint density at radius 3 is 2.63 bits per heavy atom. The molecular formula is C24H22ClNO. The van der Waals surface area contributed by atoms with E-state index < -0.39 is 0 Å². The monoisotopic (exact) mass is 375 g/mol. The number of rotatable bonds is 6. The summed E-state index contributed by atoms with van der Waals surface area (Å²) in [5.74, 6) is 0.0494. The van der Waals surface area contributed by atoms with Crippen LogP contribution in [0.3, 0.4) is 0 Å². The Balaban J connectivity index is 1.83. The van der Waals surface area contributed by atoms with E-state index in [9.17, 15) is 4.79 Å². The number of para-hydroxylation sites is 1. The van der Waals surface area contributed by atoms with Gasteiger partial charge in [-0.05, 0) is 35.4 Å². The van der Waals surface area contributed by atoms with Gasteiger partial charge in [0.1, 0.15) is 0 Å². The molecule has 1 aromatic heterocycles. The van der Waals surface area contributed by atoms with Crippen molar-refractivity contribution in [2.24, 2.45) is 0 Å². The highest BCUT2D eigenvalue weighted by Crippen LogP contribution is 2.29. The van der Waals surface area contributed by atoms with Crippen LogP contribution < -0.4 is 0 Å². The molecule has 3 aromatic carbocycles. The summed E-state index contributed by atoms with van der Waals surface area (Å²) in [6.45, 7) is 3.14. The van der Waals surface area contributed by atoms with E-state index in [0.29, 0.717) is 10.6 Å². The number of carbonyl (C=O) groups is 1. The summed E-state index contributed by atoms with van der Waals surface area (Å²) in [5, 5.41) is 3.58. The van der Waals surface area contributed by atoms with Crippen molar-refractivity contribution < 1.29 is 4.79 Å². The molecule has 4 aromatic rings. The minimum Gasteiger partial charge on any atom is -0.347 e. The summed E-state index contributed by atoms with van der Waals surface area (Å²) in [6.07, 6.45) is 5.51. The summed E-state index contributed by atoms with van der Waals surface area (Å²) < 4.78 is 2.22. The molecule has 0 bridgehead atoms. The predicted octanol–water partition coefficient (Wildman–Crippen LogP) is 6.87. The molecule has 0 aliphatic carbocycles. The number of ketones is 1. The maximum atomic E-state index is 13.5. The van der Waals surface area contributed by atoms with Crippen molar-refractivity contribution in [3.8, 4) is 0 Å². The Morgan fingerprint density at radius 1 is 0.926 bits per heavy atom. The fourth-order valence-electron chi connectivity index (χ4n) is 3.73. The number of nitrogens with zero attached hydrogens (tertiary/aromatic N) is 1. The van der Waals surface area contributed by atoms with E-state index in [1.54, 1.807) is 0 Å². The van der Waals surface area contributed by atoms with Crippen LogP contribution in [0.2, 0.25) is 5.02 Å². The predicted molar refractivity (Wildman–Crippen MR) is 114 cm³/mol. The highest BCUT2D eigenvalue weighted by Gasteiger charge is 2.18. The average Bonchev–Trinajstić information content (AvgIpc) is 3.06. The maximum absolute atomic E-state index is 13.5. The number of fused-ring (bicyclic) bond motifs is 2. The summed E-state index contributed by atoms with van der Waals surface area (Å²) in [7, 11) is 0. The third-order valence-electron chi connectivity index (χ3n) is 5.12. The van der Waals surface area contributed by atoms with Gasteiger partial charge in [-0.2, -0.15) is 0 Å². The van der Waals surface area contributed by atoms with Gasteiger partial charge in [0.15, 0.2) is 5.78 Å². The average molecular weight is 376 g/mol. The third kappa shape index (κ3) is 3.38. The van der Waals surface area contributed by atoms with Crippen LogP contribution in [0.25, 0.3) is 21.7 Å². The van der Waals surface area contributed by atoms with Gasteiger partial charge in [-0.1, -0.05) is 73.8 Å². The molecule has 2 nitrogen and oxygen atoms in total. The molecule has 0 radical (unpaired) electrons. The van der Waals surface area contributed by atoms with E-state index in [2.05, 4.69) is 17.6 Å². The van der Waals surface area contributed by atoms with E-state index in [0.717, 1.165) is 40.2 Å². The normalized spacial score (nSPS) is 11.3. The zero-order chi connectivity index (χ0) is 18.8. The van der Waals surface area contributed by atoms with Crippen LogP contribution in [0.5, 0.6) is 0 Å². The van der Waals surface area contributed by atoms with E-state index in [4.69, 9.17) is 11.6 Å². The maximum Gasteiger partial charge on any atom is 0.195 e. The Hall–Kier alpha value is -2.58. The van der Waals surface area contributed by atoms with Crippen LogP contribution in [-0.4, -0.2) is 10.4 Å². The molecule has 0 saturated carbocycles. The fraction of sp³-hybridized carbons (Fsp3) is 0.208. The van der Waals surface area contributed by atoms with Crippen molar-refractivity contribution in [3.63, 3.8) is 0 Å².